The number of nitrogens with two attached hydrogens (primary N) is 1. The van der Waals surface area contributed by atoms with Crippen molar-refractivity contribution in [3.8, 4) is 5.75 Å². The summed E-state index contributed by atoms with van der Waals surface area (Å²) in [6.07, 6.45) is 2.48. The maximum absolute atomic E-state index is 12.0. The van der Waals surface area contributed by atoms with Crippen LogP contribution in [-0.4, -0.2) is 30.3 Å². The van der Waals surface area contributed by atoms with Crippen LogP contribution in [0, 0.1) is 0 Å². The van der Waals surface area contributed by atoms with Crippen LogP contribution in [0.1, 0.15) is 29.6 Å². The lowest BCUT2D eigenvalue weighted by atomic mass is 9.80. The second kappa shape index (κ2) is 4.86. The van der Waals surface area contributed by atoms with E-state index in [0.29, 0.717) is 17.0 Å². The summed E-state index contributed by atoms with van der Waals surface area (Å²) >= 11 is 0. The Morgan fingerprint density at radius 3 is 2.83 bits per heavy atom. The molecule has 1 aliphatic rings. The van der Waals surface area contributed by atoms with Crippen LogP contribution in [-0.2, 0) is 0 Å². The van der Waals surface area contributed by atoms with Crippen LogP contribution in [0.15, 0.2) is 18.2 Å². The average Bonchev–Trinajstić information content (AvgIpc) is 2.34. The summed E-state index contributed by atoms with van der Waals surface area (Å²) in [6.45, 7) is 0.266. The number of anilines is 1. The van der Waals surface area contributed by atoms with Gasteiger partial charge in [-0.2, -0.15) is 0 Å². The van der Waals surface area contributed by atoms with E-state index in [1.54, 1.807) is 18.2 Å². The number of aliphatic hydroxyl groups is 1. The molecule has 0 bridgehead atoms. The number of carbonyl (C=O) groups excluding carboxylic acids is 1. The highest BCUT2D eigenvalue weighted by Gasteiger charge is 2.34. The summed E-state index contributed by atoms with van der Waals surface area (Å²) < 4.78 is 5.05. The fourth-order valence-corrected chi connectivity index (χ4v) is 1.96. The van der Waals surface area contributed by atoms with Gasteiger partial charge in [-0.25, -0.2) is 0 Å². The molecule has 1 aliphatic carbocycles. The second-order valence-electron chi connectivity index (χ2n) is 4.71. The fourth-order valence-electron chi connectivity index (χ4n) is 1.96. The van der Waals surface area contributed by atoms with Crippen LogP contribution in [0.2, 0.25) is 0 Å². The SMILES string of the molecule is COc1ccc(N)c(C(=O)NCC2(O)CCC2)c1. The van der Waals surface area contributed by atoms with Gasteiger partial charge in [0.25, 0.3) is 5.91 Å². The predicted octanol–water partition coefficient (Wildman–Crippen LogP) is 0.922. The Morgan fingerprint density at radius 1 is 1.56 bits per heavy atom. The molecule has 1 aromatic carbocycles. The Bertz CT molecular complexity index is 456. The molecule has 1 saturated carbocycles. The highest BCUT2D eigenvalue weighted by atomic mass is 16.5. The maximum Gasteiger partial charge on any atom is 0.253 e. The number of methoxy groups -OCH3 is 1. The number of hydrogen-bond donors (Lipinski definition) is 3. The summed E-state index contributed by atoms with van der Waals surface area (Å²) in [6, 6.07) is 4.92. The van der Waals surface area contributed by atoms with E-state index in [1.807, 2.05) is 0 Å². The maximum atomic E-state index is 12.0. The number of carbonyl (C=O) groups is 1. The number of hydrogen-bond acceptors (Lipinski definition) is 4. The standard InChI is InChI=1S/C13H18N2O3/c1-18-9-3-4-11(14)10(7-9)12(16)15-8-13(17)5-2-6-13/h3-4,7,17H,2,5-6,8,14H2,1H3,(H,15,16). The van der Waals surface area contributed by atoms with Gasteiger partial charge >= 0.3 is 0 Å². The summed E-state index contributed by atoms with van der Waals surface area (Å²) in [5.41, 5.74) is 5.79. The van der Waals surface area contributed by atoms with Gasteiger partial charge in [0.1, 0.15) is 5.75 Å². The minimum atomic E-state index is -0.733. The topological polar surface area (TPSA) is 84.6 Å². The minimum absolute atomic E-state index is 0.266. The van der Waals surface area contributed by atoms with Crippen LogP contribution in [0.4, 0.5) is 5.69 Å². The monoisotopic (exact) mass is 250 g/mol. The zero-order valence-electron chi connectivity index (χ0n) is 10.4. The minimum Gasteiger partial charge on any atom is -0.497 e. The van der Waals surface area contributed by atoms with Gasteiger partial charge < -0.3 is 20.9 Å². The first-order valence-corrected chi connectivity index (χ1v) is 5.98. The molecule has 0 spiro atoms. The zero-order valence-corrected chi connectivity index (χ0v) is 10.4. The van der Waals surface area contributed by atoms with Gasteiger partial charge in [-0.15, -0.1) is 0 Å². The zero-order chi connectivity index (χ0) is 13.2. The van der Waals surface area contributed by atoms with Crippen LogP contribution < -0.4 is 15.8 Å². The third-order valence-corrected chi connectivity index (χ3v) is 3.37. The van der Waals surface area contributed by atoms with E-state index in [-0.39, 0.29) is 12.5 Å². The van der Waals surface area contributed by atoms with Crippen molar-refractivity contribution < 1.29 is 14.6 Å². The molecule has 0 saturated heterocycles. The number of ether oxygens (including phenoxy) is 1. The molecule has 1 amide bonds. The molecule has 0 aromatic heterocycles. The third-order valence-electron chi connectivity index (χ3n) is 3.37. The van der Waals surface area contributed by atoms with Gasteiger partial charge in [-0.05, 0) is 37.5 Å². The molecule has 0 radical (unpaired) electrons. The summed E-state index contributed by atoms with van der Waals surface area (Å²) in [7, 11) is 1.53. The van der Waals surface area contributed by atoms with Crippen LogP contribution >= 0.6 is 0 Å². The van der Waals surface area contributed by atoms with Gasteiger partial charge in [0.2, 0.25) is 0 Å². The Morgan fingerprint density at radius 2 is 2.28 bits per heavy atom. The molecule has 1 aromatic rings. The van der Waals surface area contributed by atoms with E-state index >= 15 is 0 Å². The molecule has 2 rings (SSSR count). The lowest BCUT2D eigenvalue weighted by Crippen LogP contribution is -2.47. The molecular formula is C13H18N2O3. The summed E-state index contributed by atoms with van der Waals surface area (Å²) in [5, 5.41) is 12.6. The van der Waals surface area contributed by atoms with Crippen molar-refractivity contribution in [2.75, 3.05) is 19.4 Å². The first-order chi connectivity index (χ1) is 8.54. The van der Waals surface area contributed by atoms with Crippen molar-refractivity contribution in [1.29, 1.82) is 0 Å². The number of rotatable bonds is 4. The van der Waals surface area contributed by atoms with Crippen molar-refractivity contribution in [3.63, 3.8) is 0 Å². The Kier molecular flexibility index (Phi) is 3.43. The first kappa shape index (κ1) is 12.7. The quantitative estimate of drug-likeness (QED) is 0.694. The first-order valence-electron chi connectivity index (χ1n) is 5.98. The number of amides is 1. The van der Waals surface area contributed by atoms with Crippen molar-refractivity contribution in [1.82, 2.24) is 5.32 Å². The number of benzene rings is 1. The van der Waals surface area contributed by atoms with Crippen molar-refractivity contribution in [2.24, 2.45) is 0 Å². The van der Waals surface area contributed by atoms with Crippen molar-refractivity contribution in [3.05, 3.63) is 23.8 Å². The molecule has 98 valence electrons. The molecule has 18 heavy (non-hydrogen) atoms. The number of nitrogens with one attached hydrogen (secondary N) is 1. The third kappa shape index (κ3) is 2.56. The molecule has 0 unspecified atom stereocenters. The van der Waals surface area contributed by atoms with E-state index < -0.39 is 5.60 Å². The summed E-state index contributed by atoms with van der Waals surface area (Å²) in [4.78, 5) is 12.0. The smallest absolute Gasteiger partial charge is 0.253 e. The van der Waals surface area contributed by atoms with E-state index in [0.717, 1.165) is 19.3 Å². The van der Waals surface area contributed by atoms with Crippen LogP contribution in [0.3, 0.4) is 0 Å². The highest BCUT2D eigenvalue weighted by molar-refractivity contribution is 5.99. The molecule has 5 heteroatoms. The van der Waals surface area contributed by atoms with E-state index in [1.165, 1.54) is 7.11 Å². The van der Waals surface area contributed by atoms with E-state index in [4.69, 9.17) is 10.5 Å². The molecule has 1 fully saturated rings. The van der Waals surface area contributed by atoms with Gasteiger partial charge in [0, 0.05) is 12.2 Å². The van der Waals surface area contributed by atoms with Crippen molar-refractivity contribution in [2.45, 2.75) is 24.9 Å². The van der Waals surface area contributed by atoms with Crippen LogP contribution in [0.25, 0.3) is 0 Å². The fraction of sp³-hybridized carbons (Fsp3) is 0.462. The predicted molar refractivity (Wildman–Crippen MR) is 68.5 cm³/mol. The normalized spacial score (nSPS) is 16.8. The largest absolute Gasteiger partial charge is 0.497 e. The molecular weight excluding hydrogens is 232 g/mol. The molecule has 0 heterocycles. The molecule has 4 N–H and O–H groups in total. The molecule has 0 aliphatic heterocycles. The van der Waals surface area contributed by atoms with Crippen LogP contribution in [0.5, 0.6) is 5.75 Å². The Hall–Kier alpha value is -1.75. The van der Waals surface area contributed by atoms with E-state index in [2.05, 4.69) is 5.32 Å². The van der Waals surface area contributed by atoms with Crippen molar-refractivity contribution >= 4 is 11.6 Å². The second-order valence-corrected chi connectivity index (χ2v) is 4.71. The van der Waals surface area contributed by atoms with Gasteiger partial charge in [-0.3, -0.25) is 4.79 Å². The molecule has 5 nitrogen and oxygen atoms in total. The van der Waals surface area contributed by atoms with Gasteiger partial charge in [-0.1, -0.05) is 0 Å². The Labute approximate surface area is 106 Å². The van der Waals surface area contributed by atoms with Gasteiger partial charge in [0.05, 0.1) is 18.3 Å². The van der Waals surface area contributed by atoms with E-state index in [9.17, 15) is 9.90 Å². The number of nitrogen functional groups attached to an aromatic ring is 1. The molecule has 0 atom stereocenters. The lowest BCUT2D eigenvalue weighted by Gasteiger charge is -2.36. The summed E-state index contributed by atoms with van der Waals surface area (Å²) in [5.74, 6) is 0.295. The van der Waals surface area contributed by atoms with Gasteiger partial charge in [0.15, 0.2) is 0 Å². The highest BCUT2D eigenvalue weighted by Crippen LogP contribution is 2.30. The average molecular weight is 250 g/mol. The Balaban J connectivity index is 2.03. The lowest BCUT2D eigenvalue weighted by molar-refractivity contribution is -0.0300.